The fourth-order valence-electron chi connectivity index (χ4n) is 3.38. The lowest BCUT2D eigenvalue weighted by molar-refractivity contribution is -0.125. The van der Waals surface area contributed by atoms with Gasteiger partial charge in [0.15, 0.2) is 11.0 Å². The van der Waals surface area contributed by atoms with Crippen molar-refractivity contribution < 1.29 is 14.0 Å². The molecule has 0 atom stereocenters. The van der Waals surface area contributed by atoms with E-state index < -0.39 is 5.54 Å². The second kappa shape index (κ2) is 7.07. The Morgan fingerprint density at radius 1 is 1.24 bits per heavy atom. The summed E-state index contributed by atoms with van der Waals surface area (Å²) in [7, 11) is 1.85. The predicted molar refractivity (Wildman–Crippen MR) is 111 cm³/mol. The number of hydrogen-bond donors (Lipinski definition) is 1. The van der Waals surface area contributed by atoms with Crippen molar-refractivity contribution in [2.75, 3.05) is 16.0 Å². The van der Waals surface area contributed by atoms with Crippen LogP contribution in [0.1, 0.15) is 19.6 Å². The first-order chi connectivity index (χ1) is 13.8. The predicted octanol–water partition coefficient (Wildman–Crippen LogP) is 3.24. The van der Waals surface area contributed by atoms with Crippen LogP contribution in [0, 0.1) is 6.92 Å². The number of benzene rings is 1. The van der Waals surface area contributed by atoms with Crippen LogP contribution in [0.5, 0.6) is 0 Å². The Morgan fingerprint density at radius 2 is 2.00 bits per heavy atom. The normalized spacial score (nSPS) is 15.2. The van der Waals surface area contributed by atoms with Crippen molar-refractivity contribution in [3.05, 3.63) is 42.4 Å². The lowest BCUT2D eigenvalue weighted by Crippen LogP contribution is -2.59. The van der Waals surface area contributed by atoms with E-state index in [-0.39, 0.29) is 17.6 Å². The molecule has 150 valence electrons. The Morgan fingerprint density at radius 3 is 2.72 bits per heavy atom. The number of carbonyl (C=O) groups excluding carboxylic acids is 2. The van der Waals surface area contributed by atoms with Crippen LogP contribution in [0.4, 0.5) is 11.4 Å². The monoisotopic (exact) mass is 411 g/mol. The maximum absolute atomic E-state index is 13.1. The number of furan rings is 1. The maximum atomic E-state index is 13.1. The van der Waals surface area contributed by atoms with Crippen molar-refractivity contribution in [3.8, 4) is 11.4 Å². The van der Waals surface area contributed by atoms with Gasteiger partial charge in [0.1, 0.15) is 11.3 Å². The molecule has 3 aromatic rings. The van der Waals surface area contributed by atoms with Gasteiger partial charge in [0, 0.05) is 7.05 Å². The highest BCUT2D eigenvalue weighted by atomic mass is 32.2. The number of anilines is 2. The zero-order valence-electron chi connectivity index (χ0n) is 16.6. The summed E-state index contributed by atoms with van der Waals surface area (Å²) in [5.74, 6) is 1.17. The van der Waals surface area contributed by atoms with Crippen LogP contribution in [-0.2, 0) is 16.6 Å². The van der Waals surface area contributed by atoms with Crippen LogP contribution in [0.25, 0.3) is 11.4 Å². The molecular weight excluding hydrogens is 390 g/mol. The summed E-state index contributed by atoms with van der Waals surface area (Å²) in [5.41, 5.74) is 1.19. The summed E-state index contributed by atoms with van der Waals surface area (Å²) in [6, 6.07) is 9.14. The van der Waals surface area contributed by atoms with Crippen molar-refractivity contribution in [2.45, 2.75) is 31.5 Å². The Hall–Kier alpha value is -3.07. The number of nitrogens with one attached hydrogen (secondary N) is 1. The van der Waals surface area contributed by atoms with E-state index in [9.17, 15) is 9.59 Å². The van der Waals surface area contributed by atoms with E-state index in [0.717, 1.165) is 11.3 Å². The molecule has 3 heterocycles. The van der Waals surface area contributed by atoms with Crippen LogP contribution in [0.2, 0.25) is 0 Å². The zero-order chi connectivity index (χ0) is 20.8. The van der Waals surface area contributed by atoms with Crippen molar-refractivity contribution >= 4 is 35.0 Å². The molecule has 0 fully saturated rings. The molecule has 0 radical (unpaired) electrons. The smallest absolute Gasteiger partial charge is 0.250 e. The molecule has 0 saturated carbocycles. The zero-order valence-corrected chi connectivity index (χ0v) is 17.4. The van der Waals surface area contributed by atoms with Crippen LogP contribution in [-0.4, -0.2) is 37.9 Å². The summed E-state index contributed by atoms with van der Waals surface area (Å²) in [6.07, 6.45) is 1.61. The lowest BCUT2D eigenvalue weighted by Gasteiger charge is -2.42. The third kappa shape index (κ3) is 3.21. The largest absolute Gasteiger partial charge is 0.469 e. The molecule has 0 saturated heterocycles. The third-order valence-electron chi connectivity index (χ3n) is 5.02. The molecule has 2 aromatic heterocycles. The van der Waals surface area contributed by atoms with E-state index >= 15 is 0 Å². The Balaban J connectivity index is 1.57. The SMILES string of the molecule is Cc1occc1-c1nnc(SCC(=O)N2c3ccccc3NC(=O)C2(C)C)n1C. The van der Waals surface area contributed by atoms with E-state index in [0.29, 0.717) is 22.4 Å². The number of thioether (sulfide) groups is 1. The fraction of sp³-hybridized carbons (Fsp3) is 0.300. The van der Waals surface area contributed by atoms with E-state index in [4.69, 9.17) is 4.42 Å². The number of aromatic nitrogens is 3. The van der Waals surface area contributed by atoms with Crippen molar-refractivity contribution in [2.24, 2.45) is 7.05 Å². The number of nitrogens with zero attached hydrogens (tertiary/aromatic N) is 4. The quantitative estimate of drug-likeness (QED) is 0.663. The second-order valence-corrected chi connectivity index (χ2v) is 8.25. The van der Waals surface area contributed by atoms with Gasteiger partial charge in [-0.25, -0.2) is 0 Å². The highest BCUT2D eigenvalue weighted by molar-refractivity contribution is 7.99. The van der Waals surface area contributed by atoms with Gasteiger partial charge in [0.05, 0.1) is 29.0 Å². The molecule has 1 aliphatic rings. The molecular formula is C20H21N5O3S. The molecule has 1 aliphatic heterocycles. The summed E-state index contributed by atoms with van der Waals surface area (Å²) in [4.78, 5) is 27.3. The summed E-state index contributed by atoms with van der Waals surface area (Å²) < 4.78 is 7.17. The highest BCUT2D eigenvalue weighted by Gasteiger charge is 2.43. The maximum Gasteiger partial charge on any atom is 0.250 e. The van der Waals surface area contributed by atoms with Gasteiger partial charge in [-0.3, -0.25) is 14.5 Å². The minimum atomic E-state index is -0.995. The minimum Gasteiger partial charge on any atom is -0.469 e. The molecule has 1 aromatic carbocycles. The van der Waals surface area contributed by atoms with Crippen LogP contribution < -0.4 is 10.2 Å². The Kier molecular flexibility index (Phi) is 4.70. The van der Waals surface area contributed by atoms with E-state index in [1.54, 1.807) is 31.1 Å². The molecule has 1 N–H and O–H groups in total. The van der Waals surface area contributed by atoms with Gasteiger partial charge in [-0.15, -0.1) is 10.2 Å². The number of para-hydroxylation sites is 2. The number of amides is 2. The van der Waals surface area contributed by atoms with Gasteiger partial charge < -0.3 is 14.3 Å². The first-order valence-electron chi connectivity index (χ1n) is 9.11. The van der Waals surface area contributed by atoms with Crippen molar-refractivity contribution in [1.29, 1.82) is 0 Å². The standard InChI is InChI=1S/C20H21N5O3S/c1-12-13(9-10-28-12)17-22-23-19(24(17)4)29-11-16(26)25-15-8-6-5-7-14(15)21-18(27)20(25,2)3/h5-10H,11H2,1-4H3,(H,21,27). The van der Waals surface area contributed by atoms with Gasteiger partial charge in [-0.2, -0.15) is 0 Å². The molecule has 8 nitrogen and oxygen atoms in total. The number of aryl methyl sites for hydroxylation is 1. The van der Waals surface area contributed by atoms with Gasteiger partial charge in [-0.1, -0.05) is 23.9 Å². The van der Waals surface area contributed by atoms with Crippen LogP contribution in [0.3, 0.4) is 0 Å². The first kappa shape index (κ1) is 19.3. The Labute approximate surface area is 172 Å². The topological polar surface area (TPSA) is 93.3 Å². The molecule has 9 heteroatoms. The summed E-state index contributed by atoms with van der Waals surface area (Å²) >= 11 is 1.29. The van der Waals surface area contributed by atoms with Gasteiger partial charge >= 0.3 is 0 Å². The fourth-order valence-corrected chi connectivity index (χ4v) is 4.14. The minimum absolute atomic E-state index is 0.126. The molecule has 0 bridgehead atoms. The number of hydrogen-bond acceptors (Lipinski definition) is 6. The Bertz CT molecular complexity index is 1100. The van der Waals surface area contributed by atoms with Crippen molar-refractivity contribution in [1.82, 2.24) is 14.8 Å². The second-order valence-electron chi connectivity index (χ2n) is 7.30. The van der Waals surface area contributed by atoms with Crippen LogP contribution >= 0.6 is 11.8 Å². The number of fused-ring (bicyclic) bond motifs is 1. The number of rotatable bonds is 4. The third-order valence-corrected chi connectivity index (χ3v) is 6.02. The van der Waals surface area contributed by atoms with E-state index in [1.807, 2.05) is 42.8 Å². The molecule has 0 spiro atoms. The molecule has 2 amide bonds. The first-order valence-corrected chi connectivity index (χ1v) is 10.1. The van der Waals surface area contributed by atoms with Gasteiger partial charge in [0.2, 0.25) is 11.8 Å². The molecule has 4 rings (SSSR count). The average Bonchev–Trinajstić information content (AvgIpc) is 3.25. The molecule has 0 unspecified atom stereocenters. The highest BCUT2D eigenvalue weighted by Crippen LogP contribution is 2.37. The summed E-state index contributed by atoms with van der Waals surface area (Å²) in [6.45, 7) is 5.34. The van der Waals surface area contributed by atoms with E-state index in [1.165, 1.54) is 11.8 Å². The van der Waals surface area contributed by atoms with Crippen LogP contribution in [0.15, 0.2) is 46.2 Å². The van der Waals surface area contributed by atoms with Gasteiger partial charge in [0.25, 0.3) is 0 Å². The number of carbonyl (C=O) groups is 2. The molecule has 0 aliphatic carbocycles. The average molecular weight is 411 g/mol. The van der Waals surface area contributed by atoms with Crippen molar-refractivity contribution in [3.63, 3.8) is 0 Å². The molecule has 29 heavy (non-hydrogen) atoms. The summed E-state index contributed by atoms with van der Waals surface area (Å²) in [5, 5.41) is 11.9. The van der Waals surface area contributed by atoms with E-state index in [2.05, 4.69) is 15.5 Å². The lowest BCUT2D eigenvalue weighted by atomic mass is 9.96. The van der Waals surface area contributed by atoms with Gasteiger partial charge in [-0.05, 0) is 39.0 Å².